The van der Waals surface area contributed by atoms with Crippen LogP contribution in [0.4, 0.5) is 11.4 Å². The number of thioether (sulfide) groups is 1. The van der Waals surface area contributed by atoms with Crippen LogP contribution in [0.2, 0.25) is 0 Å². The van der Waals surface area contributed by atoms with Crippen LogP contribution in [0.15, 0.2) is 66.2 Å². The van der Waals surface area contributed by atoms with Crippen molar-refractivity contribution < 1.29 is 14.3 Å². The number of hydrogen-bond acceptors (Lipinski definition) is 5. The number of carbonyl (C=O) groups is 2. The number of benzene rings is 2. The van der Waals surface area contributed by atoms with Crippen molar-refractivity contribution in [2.75, 3.05) is 18.5 Å². The second-order valence-electron chi connectivity index (χ2n) is 6.73. The Hall–Kier alpha value is -3.06. The van der Waals surface area contributed by atoms with E-state index in [9.17, 15) is 9.59 Å². The number of hydrogen-bond donors (Lipinski definition) is 1. The molecule has 1 fully saturated rings. The molecule has 0 aliphatic carbocycles. The minimum absolute atomic E-state index is 0.0666. The van der Waals surface area contributed by atoms with Gasteiger partial charge in [-0.15, -0.1) is 6.58 Å². The van der Waals surface area contributed by atoms with Crippen molar-refractivity contribution in [2.24, 2.45) is 4.99 Å². The summed E-state index contributed by atoms with van der Waals surface area (Å²) in [6.45, 7) is 8.56. The molecule has 1 aliphatic heterocycles. The number of aliphatic imine (C=N–C) groups is 1. The molecule has 6 nitrogen and oxygen atoms in total. The first-order valence-electron chi connectivity index (χ1n) is 9.77. The Labute approximate surface area is 181 Å². The largest absolute Gasteiger partial charge is 0.494 e. The highest BCUT2D eigenvalue weighted by molar-refractivity contribution is 8.15. The van der Waals surface area contributed by atoms with Gasteiger partial charge in [-0.2, -0.15) is 0 Å². The predicted molar refractivity (Wildman–Crippen MR) is 122 cm³/mol. The first kappa shape index (κ1) is 21.6. The number of para-hydroxylation sites is 1. The van der Waals surface area contributed by atoms with E-state index in [-0.39, 0.29) is 18.2 Å². The lowest BCUT2D eigenvalue weighted by atomic mass is 10.2. The summed E-state index contributed by atoms with van der Waals surface area (Å²) < 4.78 is 5.40. The van der Waals surface area contributed by atoms with Crippen LogP contribution >= 0.6 is 11.8 Å². The zero-order valence-corrected chi connectivity index (χ0v) is 17.9. The Morgan fingerprint density at radius 3 is 2.67 bits per heavy atom. The van der Waals surface area contributed by atoms with Gasteiger partial charge >= 0.3 is 0 Å². The molecule has 2 aromatic carbocycles. The Balaban J connectivity index is 1.69. The van der Waals surface area contributed by atoms with Crippen molar-refractivity contribution in [1.29, 1.82) is 0 Å². The van der Waals surface area contributed by atoms with E-state index in [1.165, 1.54) is 11.8 Å². The fraction of sp³-hybridized carbons (Fsp3) is 0.261. The predicted octanol–water partition coefficient (Wildman–Crippen LogP) is 4.54. The van der Waals surface area contributed by atoms with Gasteiger partial charge in [0.2, 0.25) is 11.8 Å². The summed E-state index contributed by atoms with van der Waals surface area (Å²) in [5.41, 5.74) is 2.49. The molecule has 1 unspecified atom stereocenters. The summed E-state index contributed by atoms with van der Waals surface area (Å²) in [6.07, 6.45) is 1.73. The molecule has 2 amide bonds. The molecular weight excluding hydrogens is 398 g/mol. The lowest BCUT2D eigenvalue weighted by Crippen LogP contribution is -2.33. The number of amides is 2. The van der Waals surface area contributed by atoms with Crippen molar-refractivity contribution in [3.8, 4) is 5.75 Å². The fourth-order valence-electron chi connectivity index (χ4n) is 3.00. The molecule has 1 N–H and O–H groups in total. The Bertz CT molecular complexity index is 956. The second-order valence-corrected chi connectivity index (χ2v) is 7.90. The first-order chi connectivity index (χ1) is 14.5. The third-order valence-electron chi connectivity index (χ3n) is 4.48. The topological polar surface area (TPSA) is 71.0 Å². The minimum atomic E-state index is -0.518. The average molecular weight is 424 g/mol. The van der Waals surface area contributed by atoms with Crippen LogP contribution in [0.3, 0.4) is 0 Å². The summed E-state index contributed by atoms with van der Waals surface area (Å²) in [5, 5.41) is 2.91. The molecule has 1 atom stereocenters. The molecule has 2 aromatic rings. The van der Waals surface area contributed by atoms with Crippen LogP contribution in [0.25, 0.3) is 0 Å². The first-order valence-corrected chi connectivity index (χ1v) is 10.7. The maximum atomic E-state index is 12.9. The number of carbonyl (C=O) groups excluding carboxylic acids is 2. The zero-order valence-electron chi connectivity index (χ0n) is 17.1. The van der Waals surface area contributed by atoms with Crippen molar-refractivity contribution in [3.05, 3.63) is 66.7 Å². The molecule has 1 aliphatic rings. The van der Waals surface area contributed by atoms with Crippen LogP contribution in [0.5, 0.6) is 5.75 Å². The monoisotopic (exact) mass is 423 g/mol. The van der Waals surface area contributed by atoms with E-state index in [4.69, 9.17) is 4.74 Å². The molecule has 1 heterocycles. The summed E-state index contributed by atoms with van der Waals surface area (Å²) in [7, 11) is 0. The van der Waals surface area contributed by atoms with E-state index in [0.717, 1.165) is 17.0 Å². The van der Waals surface area contributed by atoms with Crippen LogP contribution < -0.4 is 10.1 Å². The van der Waals surface area contributed by atoms with Crippen molar-refractivity contribution in [1.82, 2.24) is 4.90 Å². The Morgan fingerprint density at radius 2 is 2.00 bits per heavy atom. The molecule has 156 valence electrons. The second kappa shape index (κ2) is 10.1. The molecule has 30 heavy (non-hydrogen) atoms. The highest BCUT2D eigenvalue weighted by Gasteiger charge is 2.38. The van der Waals surface area contributed by atoms with E-state index in [2.05, 4.69) is 16.9 Å². The number of nitrogens with zero attached hydrogens (tertiary/aromatic N) is 2. The Kier molecular flexibility index (Phi) is 7.30. The van der Waals surface area contributed by atoms with Gasteiger partial charge in [0, 0.05) is 18.7 Å². The number of nitrogens with one attached hydrogen (secondary N) is 1. The lowest BCUT2D eigenvalue weighted by Gasteiger charge is -2.14. The van der Waals surface area contributed by atoms with Gasteiger partial charge in [0.05, 0.1) is 12.3 Å². The number of anilines is 1. The fourth-order valence-corrected chi connectivity index (χ4v) is 4.16. The SMILES string of the molecule is C=CCN1C(=O)C(CC(=O)Nc2ccc(OCC)cc2)SC1=Nc1ccccc1C. The van der Waals surface area contributed by atoms with Gasteiger partial charge in [-0.3, -0.25) is 14.5 Å². The molecule has 3 rings (SSSR count). The number of rotatable bonds is 8. The van der Waals surface area contributed by atoms with E-state index < -0.39 is 5.25 Å². The molecule has 0 bridgehead atoms. The van der Waals surface area contributed by atoms with Crippen LogP contribution in [-0.2, 0) is 9.59 Å². The van der Waals surface area contributed by atoms with Crippen LogP contribution in [0, 0.1) is 6.92 Å². The highest BCUT2D eigenvalue weighted by atomic mass is 32.2. The quantitative estimate of drug-likeness (QED) is 0.633. The smallest absolute Gasteiger partial charge is 0.242 e. The highest BCUT2D eigenvalue weighted by Crippen LogP contribution is 2.32. The molecule has 7 heteroatoms. The summed E-state index contributed by atoms with van der Waals surface area (Å²) in [5.74, 6) is 0.393. The summed E-state index contributed by atoms with van der Waals surface area (Å²) in [4.78, 5) is 31.6. The van der Waals surface area contributed by atoms with E-state index in [1.807, 2.05) is 38.1 Å². The average Bonchev–Trinajstić information content (AvgIpc) is 3.00. The molecule has 1 saturated heterocycles. The van der Waals surface area contributed by atoms with Gasteiger partial charge in [-0.05, 0) is 49.7 Å². The van der Waals surface area contributed by atoms with Gasteiger partial charge < -0.3 is 10.1 Å². The minimum Gasteiger partial charge on any atom is -0.494 e. The van der Waals surface area contributed by atoms with Gasteiger partial charge in [0.25, 0.3) is 0 Å². The van der Waals surface area contributed by atoms with Crippen LogP contribution in [-0.4, -0.2) is 40.3 Å². The van der Waals surface area contributed by atoms with E-state index in [0.29, 0.717) is 24.0 Å². The molecular formula is C23H25N3O3S. The van der Waals surface area contributed by atoms with Gasteiger partial charge in [0.1, 0.15) is 11.0 Å². The molecule has 0 spiro atoms. The van der Waals surface area contributed by atoms with Gasteiger partial charge in [-0.25, -0.2) is 4.99 Å². The zero-order chi connectivity index (χ0) is 21.5. The number of aryl methyl sites for hydroxylation is 1. The number of amidine groups is 1. The molecule has 0 radical (unpaired) electrons. The van der Waals surface area contributed by atoms with Gasteiger partial charge in [0.15, 0.2) is 5.17 Å². The van der Waals surface area contributed by atoms with Crippen molar-refractivity contribution in [3.63, 3.8) is 0 Å². The van der Waals surface area contributed by atoms with E-state index >= 15 is 0 Å². The van der Waals surface area contributed by atoms with E-state index in [1.54, 1.807) is 35.2 Å². The Morgan fingerprint density at radius 1 is 1.27 bits per heavy atom. The van der Waals surface area contributed by atoms with Gasteiger partial charge in [-0.1, -0.05) is 36.0 Å². The maximum Gasteiger partial charge on any atom is 0.242 e. The number of ether oxygens (including phenoxy) is 1. The molecule has 0 saturated carbocycles. The maximum absolute atomic E-state index is 12.9. The summed E-state index contributed by atoms with van der Waals surface area (Å²) in [6, 6.07) is 14.9. The lowest BCUT2D eigenvalue weighted by molar-refractivity contribution is -0.127. The van der Waals surface area contributed by atoms with Crippen LogP contribution in [0.1, 0.15) is 18.9 Å². The normalized spacial score (nSPS) is 17.3. The van der Waals surface area contributed by atoms with Crippen molar-refractivity contribution >= 4 is 40.1 Å². The molecule has 0 aromatic heterocycles. The third-order valence-corrected chi connectivity index (χ3v) is 5.66. The van der Waals surface area contributed by atoms with Crippen molar-refractivity contribution in [2.45, 2.75) is 25.5 Å². The summed E-state index contributed by atoms with van der Waals surface area (Å²) >= 11 is 1.32. The third kappa shape index (κ3) is 5.30. The standard InChI is InChI=1S/C23H25N3O3S/c1-4-14-26-22(28)20(30-23(26)25-19-9-7-6-8-16(19)3)15-21(27)24-17-10-12-18(13-11-17)29-5-2/h4,6-13,20H,1,5,14-15H2,2-3H3,(H,24,27).